The molecule has 0 unspecified atom stereocenters. The van der Waals surface area contributed by atoms with Crippen LogP contribution >= 0.6 is 0 Å². The largest absolute Gasteiger partial charge is 0.444 e. The summed E-state index contributed by atoms with van der Waals surface area (Å²) in [4.78, 5) is 21.6. The van der Waals surface area contributed by atoms with E-state index in [-0.39, 0.29) is 12.1 Å². The van der Waals surface area contributed by atoms with Crippen molar-refractivity contribution < 1.29 is 14.3 Å². The average Bonchev–Trinajstić information content (AvgIpc) is 3.40. The molecule has 3 aliphatic rings. The summed E-state index contributed by atoms with van der Waals surface area (Å²) in [7, 11) is 1.85. The third-order valence-electron chi connectivity index (χ3n) is 6.46. The van der Waals surface area contributed by atoms with Gasteiger partial charge in [-0.15, -0.1) is 0 Å². The number of ether oxygens (including phenoxy) is 2. The van der Waals surface area contributed by atoms with Gasteiger partial charge in [0.05, 0.1) is 6.10 Å². The second kappa shape index (κ2) is 11.4. The molecule has 0 aromatic rings. The van der Waals surface area contributed by atoms with Crippen molar-refractivity contribution in [3.63, 3.8) is 0 Å². The molecular weight excluding hydrogens is 392 g/mol. The molecule has 1 N–H and O–H groups in total. The number of carbonyl (C=O) groups is 1. The van der Waals surface area contributed by atoms with Crippen LogP contribution in [0.4, 0.5) is 4.79 Å². The molecule has 0 spiro atoms. The summed E-state index contributed by atoms with van der Waals surface area (Å²) in [6.07, 6.45) is 10.8. The molecule has 1 aliphatic heterocycles. The number of rotatable bonds is 8. The Balaban J connectivity index is 1.40. The lowest BCUT2D eigenvalue weighted by atomic mass is 10.0. The van der Waals surface area contributed by atoms with Crippen LogP contribution in [-0.2, 0) is 9.47 Å². The smallest absolute Gasteiger partial charge is 0.410 e. The second-order valence-electron chi connectivity index (χ2n) is 10.4. The lowest BCUT2D eigenvalue weighted by Gasteiger charge is -2.40. The Hall–Kier alpha value is -1.50. The molecule has 0 atom stereocenters. The zero-order valence-electron chi connectivity index (χ0n) is 20.2. The lowest BCUT2D eigenvalue weighted by molar-refractivity contribution is 0.00928. The van der Waals surface area contributed by atoms with Gasteiger partial charge in [-0.05, 0) is 71.6 Å². The molecule has 2 aliphatic carbocycles. The van der Waals surface area contributed by atoms with Gasteiger partial charge in [-0.25, -0.2) is 4.79 Å². The van der Waals surface area contributed by atoms with Gasteiger partial charge >= 0.3 is 6.09 Å². The summed E-state index contributed by atoms with van der Waals surface area (Å²) in [6.45, 7) is 10.2. The van der Waals surface area contributed by atoms with Gasteiger partial charge in [-0.1, -0.05) is 12.8 Å². The van der Waals surface area contributed by atoms with Crippen molar-refractivity contribution in [1.82, 2.24) is 15.1 Å². The van der Waals surface area contributed by atoms with E-state index in [1.165, 1.54) is 38.5 Å². The summed E-state index contributed by atoms with van der Waals surface area (Å²) in [5.74, 6) is 1.62. The van der Waals surface area contributed by atoms with Crippen molar-refractivity contribution in [3.05, 3.63) is 0 Å². The number of likely N-dealkylation sites (tertiary alicyclic amines) is 1. The first kappa shape index (κ1) is 24.1. The zero-order chi connectivity index (χ0) is 22.3. The highest BCUT2D eigenvalue weighted by atomic mass is 16.6. The Morgan fingerprint density at radius 3 is 2.35 bits per heavy atom. The summed E-state index contributed by atoms with van der Waals surface area (Å²) >= 11 is 0. The Morgan fingerprint density at radius 1 is 1.10 bits per heavy atom. The van der Waals surface area contributed by atoms with Gasteiger partial charge in [0, 0.05) is 45.9 Å². The van der Waals surface area contributed by atoms with Crippen molar-refractivity contribution in [2.45, 2.75) is 96.3 Å². The first-order chi connectivity index (χ1) is 14.9. The number of hydrogen-bond acceptors (Lipinski definition) is 4. The van der Waals surface area contributed by atoms with E-state index < -0.39 is 5.60 Å². The molecule has 7 nitrogen and oxygen atoms in total. The summed E-state index contributed by atoms with van der Waals surface area (Å²) < 4.78 is 11.7. The molecule has 3 fully saturated rings. The van der Waals surface area contributed by atoms with Gasteiger partial charge < -0.3 is 24.6 Å². The number of amides is 1. The van der Waals surface area contributed by atoms with E-state index in [2.05, 4.69) is 15.2 Å². The molecule has 0 radical (unpaired) electrons. The standard InChI is InChI=1S/C24H44N4O3/c1-24(2,3)31-23(29)28(18-19-10-11-19)20-12-15-27(16-13-20)22(25-4)26-14-7-17-30-21-8-5-6-9-21/h19-21H,5-18H2,1-4H3,(H,25,26). The third-order valence-corrected chi connectivity index (χ3v) is 6.46. The average molecular weight is 437 g/mol. The van der Waals surface area contributed by atoms with Gasteiger partial charge in [-0.2, -0.15) is 0 Å². The SMILES string of the molecule is CN=C(NCCCOC1CCCC1)N1CCC(N(CC2CC2)C(=O)OC(C)(C)C)CC1. The molecule has 0 aromatic carbocycles. The minimum Gasteiger partial charge on any atom is -0.444 e. The highest BCUT2D eigenvalue weighted by Gasteiger charge is 2.35. The highest BCUT2D eigenvalue weighted by molar-refractivity contribution is 5.80. The number of piperidine rings is 1. The van der Waals surface area contributed by atoms with Crippen molar-refractivity contribution in [3.8, 4) is 0 Å². The van der Waals surface area contributed by atoms with Crippen LogP contribution in [0.5, 0.6) is 0 Å². The Kier molecular flexibility index (Phi) is 8.87. The molecule has 1 saturated heterocycles. The summed E-state index contributed by atoms with van der Waals surface area (Å²) in [5, 5.41) is 3.50. The lowest BCUT2D eigenvalue weighted by Crippen LogP contribution is -2.52. The fraction of sp³-hybridized carbons (Fsp3) is 0.917. The molecule has 31 heavy (non-hydrogen) atoms. The maximum Gasteiger partial charge on any atom is 0.410 e. The molecule has 3 rings (SSSR count). The topological polar surface area (TPSA) is 66.4 Å². The molecule has 0 bridgehead atoms. The van der Waals surface area contributed by atoms with E-state index in [1.54, 1.807) is 0 Å². The maximum absolute atomic E-state index is 12.8. The quantitative estimate of drug-likeness (QED) is 0.354. The molecule has 1 heterocycles. The van der Waals surface area contributed by atoms with Gasteiger partial charge in [0.1, 0.15) is 5.60 Å². The van der Waals surface area contributed by atoms with Crippen LogP contribution in [0.3, 0.4) is 0 Å². The Labute approximate surface area is 188 Å². The van der Waals surface area contributed by atoms with Crippen LogP contribution in [0.2, 0.25) is 0 Å². The summed E-state index contributed by atoms with van der Waals surface area (Å²) in [5.41, 5.74) is -0.451. The van der Waals surface area contributed by atoms with Crippen molar-refractivity contribution in [2.75, 3.05) is 39.8 Å². The molecule has 1 amide bonds. The van der Waals surface area contributed by atoms with Gasteiger partial charge in [0.15, 0.2) is 5.96 Å². The van der Waals surface area contributed by atoms with Gasteiger partial charge in [-0.3, -0.25) is 4.99 Å². The van der Waals surface area contributed by atoms with Crippen molar-refractivity contribution >= 4 is 12.1 Å². The third kappa shape index (κ3) is 8.17. The fourth-order valence-electron chi connectivity index (χ4n) is 4.57. The number of carbonyl (C=O) groups excluding carboxylic acids is 1. The second-order valence-corrected chi connectivity index (χ2v) is 10.4. The minimum absolute atomic E-state index is 0.150. The van der Waals surface area contributed by atoms with Gasteiger partial charge in [0.2, 0.25) is 0 Å². The van der Waals surface area contributed by atoms with Crippen LogP contribution < -0.4 is 5.32 Å². The van der Waals surface area contributed by atoms with Crippen molar-refractivity contribution in [2.24, 2.45) is 10.9 Å². The number of hydrogen-bond donors (Lipinski definition) is 1. The normalized spacial score (nSPS) is 21.4. The van der Waals surface area contributed by atoms with Crippen LogP contribution in [-0.4, -0.2) is 79.4 Å². The van der Waals surface area contributed by atoms with Gasteiger partial charge in [0.25, 0.3) is 0 Å². The van der Waals surface area contributed by atoms with Crippen LogP contribution in [0, 0.1) is 5.92 Å². The van der Waals surface area contributed by atoms with E-state index in [4.69, 9.17) is 9.47 Å². The predicted octanol–water partition coefficient (Wildman–Crippen LogP) is 4.02. The van der Waals surface area contributed by atoms with Crippen LogP contribution in [0.15, 0.2) is 4.99 Å². The Morgan fingerprint density at radius 2 is 1.77 bits per heavy atom. The van der Waals surface area contributed by atoms with E-state index in [9.17, 15) is 4.79 Å². The Bertz CT molecular complexity index is 586. The monoisotopic (exact) mass is 436 g/mol. The highest BCUT2D eigenvalue weighted by Crippen LogP contribution is 2.32. The minimum atomic E-state index is -0.451. The van der Waals surface area contributed by atoms with Crippen LogP contribution in [0.25, 0.3) is 0 Å². The van der Waals surface area contributed by atoms with E-state index in [0.717, 1.165) is 58.0 Å². The van der Waals surface area contributed by atoms with E-state index in [0.29, 0.717) is 12.0 Å². The molecular formula is C24H44N4O3. The first-order valence-electron chi connectivity index (χ1n) is 12.4. The zero-order valence-corrected chi connectivity index (χ0v) is 20.2. The molecule has 178 valence electrons. The summed E-state index contributed by atoms with van der Waals surface area (Å²) in [6, 6.07) is 0.254. The van der Waals surface area contributed by atoms with E-state index in [1.807, 2.05) is 32.7 Å². The van der Waals surface area contributed by atoms with E-state index >= 15 is 0 Å². The molecule has 2 saturated carbocycles. The maximum atomic E-state index is 12.8. The molecule has 7 heteroatoms. The van der Waals surface area contributed by atoms with Crippen LogP contribution in [0.1, 0.15) is 78.6 Å². The number of aliphatic imine (C=N–C) groups is 1. The first-order valence-corrected chi connectivity index (χ1v) is 12.4. The van der Waals surface area contributed by atoms with Crippen molar-refractivity contribution in [1.29, 1.82) is 0 Å². The fourth-order valence-corrected chi connectivity index (χ4v) is 4.57. The number of guanidine groups is 1. The number of nitrogens with one attached hydrogen (secondary N) is 1. The predicted molar refractivity (Wildman–Crippen MR) is 124 cm³/mol. The molecule has 0 aromatic heterocycles. The number of nitrogens with zero attached hydrogens (tertiary/aromatic N) is 3.